The summed E-state index contributed by atoms with van der Waals surface area (Å²) in [7, 11) is 3.50. The van der Waals surface area contributed by atoms with Crippen LogP contribution in [-0.4, -0.2) is 79.2 Å². The summed E-state index contributed by atoms with van der Waals surface area (Å²) >= 11 is 0. The number of ether oxygens (including phenoxy) is 1. The first-order valence-electron chi connectivity index (χ1n) is 10.9. The van der Waals surface area contributed by atoms with E-state index in [0.29, 0.717) is 18.5 Å². The molecule has 0 radical (unpaired) electrons. The van der Waals surface area contributed by atoms with Crippen LogP contribution < -0.4 is 10.6 Å². The lowest BCUT2D eigenvalue weighted by Gasteiger charge is -2.29. The summed E-state index contributed by atoms with van der Waals surface area (Å²) in [5.41, 5.74) is -0.509. The van der Waals surface area contributed by atoms with Gasteiger partial charge in [0.15, 0.2) is 5.96 Å². The number of alkyl carbamates (subject to hydrolysis) is 1. The first-order chi connectivity index (χ1) is 13.6. The van der Waals surface area contributed by atoms with Gasteiger partial charge in [0.1, 0.15) is 12.1 Å². The summed E-state index contributed by atoms with van der Waals surface area (Å²) < 4.78 is 5.38. The van der Waals surface area contributed by atoms with Crippen LogP contribution in [0.1, 0.15) is 52.9 Å². The Morgan fingerprint density at radius 2 is 1.90 bits per heavy atom. The van der Waals surface area contributed by atoms with E-state index in [-0.39, 0.29) is 24.6 Å². The van der Waals surface area contributed by atoms with Gasteiger partial charge in [-0.1, -0.05) is 6.42 Å². The molecule has 2 amide bonds. The Kier molecular flexibility index (Phi) is 6.58. The fourth-order valence-corrected chi connectivity index (χ4v) is 4.65. The largest absolute Gasteiger partial charge is 0.444 e. The average Bonchev–Trinajstić information content (AvgIpc) is 3.33. The van der Waals surface area contributed by atoms with Crippen LogP contribution in [0.15, 0.2) is 4.99 Å². The molecule has 4 atom stereocenters. The molecule has 29 heavy (non-hydrogen) atoms. The first kappa shape index (κ1) is 21.7. The van der Waals surface area contributed by atoms with Crippen LogP contribution in [0.25, 0.3) is 0 Å². The van der Waals surface area contributed by atoms with E-state index in [0.717, 1.165) is 24.8 Å². The number of hydrogen-bond acceptors (Lipinski definition) is 4. The second kappa shape index (κ2) is 8.79. The van der Waals surface area contributed by atoms with Crippen LogP contribution in [0.5, 0.6) is 0 Å². The van der Waals surface area contributed by atoms with E-state index in [1.807, 2.05) is 20.8 Å². The molecule has 1 heterocycles. The van der Waals surface area contributed by atoms with Crippen molar-refractivity contribution in [3.05, 3.63) is 0 Å². The lowest BCUT2D eigenvalue weighted by molar-refractivity contribution is -0.127. The molecule has 164 valence electrons. The van der Waals surface area contributed by atoms with E-state index in [9.17, 15) is 9.59 Å². The molecule has 8 nitrogen and oxygen atoms in total. The fraction of sp³-hybridized carbons (Fsp3) is 0.857. The van der Waals surface area contributed by atoms with E-state index in [4.69, 9.17) is 4.74 Å². The van der Waals surface area contributed by atoms with Gasteiger partial charge in [-0.25, -0.2) is 9.79 Å². The van der Waals surface area contributed by atoms with E-state index >= 15 is 0 Å². The van der Waals surface area contributed by atoms with Crippen molar-refractivity contribution in [3.63, 3.8) is 0 Å². The van der Waals surface area contributed by atoms with E-state index in [1.54, 1.807) is 19.0 Å². The number of rotatable bonds is 4. The second-order valence-corrected chi connectivity index (χ2v) is 9.93. The van der Waals surface area contributed by atoms with Crippen LogP contribution in [0.2, 0.25) is 0 Å². The normalized spacial score (nSPS) is 29.1. The molecule has 0 aromatic rings. The summed E-state index contributed by atoms with van der Waals surface area (Å²) in [6, 6.07) is 0.459. The number of nitrogens with zero attached hydrogens (tertiary/aromatic N) is 3. The lowest BCUT2D eigenvalue weighted by atomic mass is 9.95. The Balaban J connectivity index is 1.60. The van der Waals surface area contributed by atoms with Gasteiger partial charge in [-0.2, -0.15) is 0 Å². The molecule has 2 bridgehead atoms. The summed E-state index contributed by atoms with van der Waals surface area (Å²) in [6.45, 7) is 7.18. The Hall–Kier alpha value is -1.99. The van der Waals surface area contributed by atoms with Crippen molar-refractivity contribution in [1.82, 2.24) is 20.4 Å². The van der Waals surface area contributed by atoms with Crippen molar-refractivity contribution >= 4 is 18.0 Å². The molecule has 2 saturated carbocycles. The molecule has 0 aromatic heterocycles. The highest BCUT2D eigenvalue weighted by atomic mass is 16.6. The third kappa shape index (κ3) is 6.00. The van der Waals surface area contributed by atoms with E-state index in [1.165, 1.54) is 25.7 Å². The molecule has 1 aliphatic heterocycles. The van der Waals surface area contributed by atoms with Gasteiger partial charge >= 0.3 is 6.09 Å². The lowest BCUT2D eigenvalue weighted by Crippen LogP contribution is -2.48. The molecule has 0 aromatic carbocycles. The molecule has 3 rings (SSSR count). The standard InChI is InChI=1S/C21H37N5O3/c1-21(2,3)29-20(28)23-16-8-9-26(13-16)19(22-12-18(27)25(4)5)24-17-11-14-6-7-15(17)10-14/h14-17H,6-13H2,1-5H3,(H,22,24)(H,23,28). The van der Waals surface area contributed by atoms with Crippen LogP contribution in [0.4, 0.5) is 4.79 Å². The fourth-order valence-electron chi connectivity index (χ4n) is 4.65. The zero-order valence-corrected chi connectivity index (χ0v) is 18.5. The van der Waals surface area contributed by atoms with Gasteiger partial charge in [-0.05, 0) is 58.3 Å². The van der Waals surface area contributed by atoms with Crippen molar-refractivity contribution in [3.8, 4) is 0 Å². The number of guanidine groups is 1. The molecule has 0 spiro atoms. The number of carbonyl (C=O) groups excluding carboxylic acids is 2. The highest BCUT2D eigenvalue weighted by Gasteiger charge is 2.40. The highest BCUT2D eigenvalue weighted by Crippen LogP contribution is 2.44. The van der Waals surface area contributed by atoms with Crippen LogP contribution in [0.3, 0.4) is 0 Å². The van der Waals surface area contributed by atoms with Crippen molar-refractivity contribution in [1.29, 1.82) is 0 Å². The van der Waals surface area contributed by atoms with Gasteiger partial charge in [0.25, 0.3) is 0 Å². The summed E-state index contributed by atoms with van der Waals surface area (Å²) in [4.78, 5) is 32.5. The van der Waals surface area contributed by atoms with Gasteiger partial charge in [-0.3, -0.25) is 4.79 Å². The molecular formula is C21H37N5O3. The Morgan fingerprint density at radius 1 is 1.14 bits per heavy atom. The first-order valence-corrected chi connectivity index (χ1v) is 10.9. The van der Waals surface area contributed by atoms with Gasteiger partial charge in [0.2, 0.25) is 5.91 Å². The minimum Gasteiger partial charge on any atom is -0.444 e. The van der Waals surface area contributed by atoms with E-state index in [2.05, 4.69) is 20.5 Å². The number of likely N-dealkylation sites (tertiary alicyclic amines) is 1. The molecule has 8 heteroatoms. The maximum atomic E-state index is 12.1. The van der Waals surface area contributed by atoms with Crippen LogP contribution in [-0.2, 0) is 9.53 Å². The number of aliphatic imine (C=N–C) groups is 1. The Morgan fingerprint density at radius 3 is 2.48 bits per heavy atom. The molecule has 3 aliphatic rings. The van der Waals surface area contributed by atoms with Crippen molar-refractivity contribution in [2.45, 2.75) is 70.6 Å². The third-order valence-electron chi connectivity index (χ3n) is 6.12. The number of carbonyl (C=O) groups is 2. The predicted molar refractivity (Wildman–Crippen MR) is 113 cm³/mol. The smallest absolute Gasteiger partial charge is 0.407 e. The quantitative estimate of drug-likeness (QED) is 0.548. The predicted octanol–water partition coefficient (Wildman–Crippen LogP) is 1.81. The topological polar surface area (TPSA) is 86.3 Å². The van der Waals surface area contributed by atoms with E-state index < -0.39 is 5.60 Å². The third-order valence-corrected chi connectivity index (χ3v) is 6.12. The van der Waals surface area contributed by atoms with Gasteiger partial charge < -0.3 is 25.2 Å². The maximum absolute atomic E-state index is 12.1. The molecule has 2 aliphatic carbocycles. The Labute approximate surface area is 174 Å². The number of fused-ring (bicyclic) bond motifs is 2. The summed E-state index contributed by atoms with van der Waals surface area (Å²) in [6.07, 6.45) is 5.59. The van der Waals surface area contributed by atoms with Gasteiger partial charge in [0, 0.05) is 33.2 Å². The summed E-state index contributed by atoms with van der Waals surface area (Å²) in [5, 5.41) is 6.62. The molecule has 3 fully saturated rings. The van der Waals surface area contributed by atoms with Gasteiger partial charge in [-0.15, -0.1) is 0 Å². The Bertz CT molecular complexity index is 643. The van der Waals surface area contributed by atoms with Crippen LogP contribution >= 0.6 is 0 Å². The number of nitrogens with one attached hydrogen (secondary N) is 2. The number of hydrogen-bond donors (Lipinski definition) is 2. The van der Waals surface area contributed by atoms with Crippen molar-refractivity contribution in [2.24, 2.45) is 16.8 Å². The molecular weight excluding hydrogens is 370 g/mol. The monoisotopic (exact) mass is 407 g/mol. The molecule has 2 N–H and O–H groups in total. The SMILES string of the molecule is CN(C)C(=O)CN=C(NC1CC2CCC1C2)N1CCC(NC(=O)OC(C)(C)C)C1. The second-order valence-electron chi connectivity index (χ2n) is 9.93. The van der Waals surface area contributed by atoms with Crippen molar-refractivity contribution in [2.75, 3.05) is 33.7 Å². The maximum Gasteiger partial charge on any atom is 0.407 e. The van der Waals surface area contributed by atoms with Crippen molar-refractivity contribution < 1.29 is 14.3 Å². The zero-order chi connectivity index (χ0) is 21.2. The minimum atomic E-state index is -0.509. The summed E-state index contributed by atoms with van der Waals surface area (Å²) in [5.74, 6) is 2.33. The molecule has 1 saturated heterocycles. The van der Waals surface area contributed by atoms with Crippen LogP contribution in [0, 0.1) is 11.8 Å². The zero-order valence-electron chi connectivity index (χ0n) is 18.5. The number of amides is 2. The molecule has 4 unspecified atom stereocenters. The average molecular weight is 408 g/mol. The highest BCUT2D eigenvalue weighted by molar-refractivity contribution is 5.85. The minimum absolute atomic E-state index is 0.0140. The number of likely N-dealkylation sites (N-methyl/N-ethyl adjacent to an activating group) is 1. The van der Waals surface area contributed by atoms with Gasteiger partial charge in [0.05, 0.1) is 6.04 Å².